The Morgan fingerprint density at radius 1 is 1.08 bits per heavy atom. The molecule has 2 aromatic rings. The number of halogens is 2. The fourth-order valence-corrected chi connectivity index (χ4v) is 2.32. The maximum atomic E-state index is 13.5. The summed E-state index contributed by atoms with van der Waals surface area (Å²) in [5.41, 5.74) is 2.07. The van der Waals surface area contributed by atoms with Gasteiger partial charge in [-0.15, -0.1) is 0 Å². The molecule has 0 bridgehead atoms. The van der Waals surface area contributed by atoms with E-state index >= 15 is 0 Å². The monoisotopic (exact) mass is 348 g/mol. The maximum Gasteiger partial charge on any atom is 0.260 e. The van der Waals surface area contributed by atoms with E-state index in [1.54, 1.807) is 4.90 Å². The first-order valence-electron chi connectivity index (χ1n) is 8.02. The number of likely N-dealkylation sites (N-methyl/N-ethyl adjacent to an activating group) is 1. The van der Waals surface area contributed by atoms with Crippen LogP contribution in [0.25, 0.3) is 0 Å². The van der Waals surface area contributed by atoms with Crippen LogP contribution in [-0.4, -0.2) is 38.1 Å². The highest BCUT2D eigenvalue weighted by atomic mass is 19.1. The van der Waals surface area contributed by atoms with Crippen LogP contribution in [0.5, 0.6) is 5.75 Å². The Bertz CT molecular complexity index is 718. The zero-order valence-corrected chi connectivity index (χ0v) is 14.6. The molecule has 0 aliphatic heterocycles. The fourth-order valence-electron chi connectivity index (χ4n) is 2.32. The van der Waals surface area contributed by atoms with E-state index in [1.807, 2.05) is 50.2 Å². The highest BCUT2D eigenvalue weighted by Gasteiger charge is 2.14. The van der Waals surface area contributed by atoms with E-state index in [1.165, 1.54) is 6.07 Å². The van der Waals surface area contributed by atoms with Crippen molar-refractivity contribution in [2.75, 3.05) is 32.1 Å². The van der Waals surface area contributed by atoms with Gasteiger partial charge in [-0.25, -0.2) is 8.78 Å². The third-order valence-electron chi connectivity index (χ3n) is 3.81. The topological polar surface area (TPSA) is 32.8 Å². The molecular formula is C19H22F2N2O2. The molecule has 0 aromatic heterocycles. The molecule has 0 saturated heterocycles. The Balaban J connectivity index is 1.96. The molecule has 0 fully saturated rings. The normalized spacial score (nSPS) is 10.4. The third kappa shape index (κ3) is 5.17. The van der Waals surface area contributed by atoms with E-state index < -0.39 is 11.6 Å². The summed E-state index contributed by atoms with van der Waals surface area (Å²) in [7, 11) is 3.92. The third-order valence-corrected chi connectivity index (χ3v) is 3.81. The van der Waals surface area contributed by atoms with Gasteiger partial charge in [-0.05, 0) is 36.8 Å². The predicted molar refractivity (Wildman–Crippen MR) is 93.7 cm³/mol. The summed E-state index contributed by atoms with van der Waals surface area (Å²) < 4.78 is 31.6. The van der Waals surface area contributed by atoms with Crippen LogP contribution < -0.4 is 9.64 Å². The molecule has 0 N–H and O–H groups in total. The Morgan fingerprint density at radius 3 is 2.32 bits per heavy atom. The van der Waals surface area contributed by atoms with Gasteiger partial charge in [0.2, 0.25) is 0 Å². The van der Waals surface area contributed by atoms with Crippen LogP contribution in [0.3, 0.4) is 0 Å². The summed E-state index contributed by atoms with van der Waals surface area (Å²) in [6, 6.07) is 10.9. The molecule has 0 atom stereocenters. The van der Waals surface area contributed by atoms with Crippen molar-refractivity contribution in [3.8, 4) is 5.75 Å². The van der Waals surface area contributed by atoms with Gasteiger partial charge in [-0.3, -0.25) is 4.79 Å². The van der Waals surface area contributed by atoms with Crippen LogP contribution in [0, 0.1) is 11.6 Å². The molecule has 4 nitrogen and oxygen atoms in total. The largest absolute Gasteiger partial charge is 0.481 e. The predicted octanol–water partition coefficient (Wildman–Crippen LogP) is 3.46. The number of benzene rings is 2. The van der Waals surface area contributed by atoms with Crippen LogP contribution >= 0.6 is 0 Å². The molecule has 0 radical (unpaired) electrons. The van der Waals surface area contributed by atoms with Crippen molar-refractivity contribution in [2.45, 2.75) is 13.5 Å². The summed E-state index contributed by atoms with van der Waals surface area (Å²) in [4.78, 5) is 15.9. The van der Waals surface area contributed by atoms with Crippen LogP contribution in [0.4, 0.5) is 14.5 Å². The molecule has 25 heavy (non-hydrogen) atoms. The van der Waals surface area contributed by atoms with Crippen molar-refractivity contribution < 1.29 is 18.3 Å². The quantitative estimate of drug-likeness (QED) is 0.768. The van der Waals surface area contributed by atoms with Crippen molar-refractivity contribution in [1.82, 2.24) is 4.90 Å². The van der Waals surface area contributed by atoms with Gasteiger partial charge in [0.05, 0.1) is 0 Å². The van der Waals surface area contributed by atoms with Crippen molar-refractivity contribution in [3.05, 3.63) is 59.7 Å². The zero-order chi connectivity index (χ0) is 18.4. The van der Waals surface area contributed by atoms with Gasteiger partial charge in [-0.2, -0.15) is 0 Å². The number of ether oxygens (including phenoxy) is 1. The number of amides is 1. The Hall–Kier alpha value is -2.63. The van der Waals surface area contributed by atoms with Gasteiger partial charge in [-0.1, -0.05) is 12.1 Å². The van der Waals surface area contributed by atoms with Crippen LogP contribution in [0.15, 0.2) is 42.5 Å². The van der Waals surface area contributed by atoms with Crippen molar-refractivity contribution in [2.24, 2.45) is 0 Å². The minimum absolute atomic E-state index is 0.138. The number of carbonyl (C=O) groups is 1. The number of carbonyl (C=O) groups excluding carboxylic acids is 1. The fraction of sp³-hybridized carbons (Fsp3) is 0.316. The van der Waals surface area contributed by atoms with Crippen molar-refractivity contribution >= 4 is 11.6 Å². The first kappa shape index (κ1) is 18.7. The lowest BCUT2D eigenvalue weighted by Gasteiger charge is -2.22. The molecule has 0 unspecified atom stereocenters. The summed E-state index contributed by atoms with van der Waals surface area (Å²) in [6.07, 6.45) is 0. The van der Waals surface area contributed by atoms with Gasteiger partial charge in [0.25, 0.3) is 5.91 Å². The highest BCUT2D eigenvalue weighted by molar-refractivity contribution is 5.77. The minimum atomic E-state index is -0.824. The number of rotatable bonds is 7. The number of anilines is 1. The average Bonchev–Trinajstić information content (AvgIpc) is 2.59. The van der Waals surface area contributed by atoms with Gasteiger partial charge in [0, 0.05) is 38.9 Å². The molecular weight excluding hydrogens is 326 g/mol. The van der Waals surface area contributed by atoms with Crippen LogP contribution in [0.1, 0.15) is 12.5 Å². The first-order chi connectivity index (χ1) is 11.9. The summed E-state index contributed by atoms with van der Waals surface area (Å²) in [6.45, 7) is 2.51. The van der Waals surface area contributed by atoms with Crippen molar-refractivity contribution in [1.29, 1.82) is 0 Å². The van der Waals surface area contributed by atoms with Crippen LogP contribution in [-0.2, 0) is 11.3 Å². The molecule has 0 spiro atoms. The number of hydrogen-bond acceptors (Lipinski definition) is 3. The average molecular weight is 348 g/mol. The smallest absolute Gasteiger partial charge is 0.260 e. The Morgan fingerprint density at radius 2 is 1.76 bits per heavy atom. The van der Waals surface area contributed by atoms with Crippen LogP contribution in [0.2, 0.25) is 0 Å². The molecule has 0 heterocycles. The maximum absolute atomic E-state index is 13.5. The standard InChI is InChI=1S/C19H22F2N2O2/c1-4-23(12-14-5-8-16(9-6-14)22(2)3)19(24)13-25-18-10-7-15(20)11-17(18)21/h5-11H,4,12-13H2,1-3H3. The van der Waals surface area contributed by atoms with E-state index in [9.17, 15) is 13.6 Å². The van der Waals surface area contributed by atoms with E-state index in [-0.39, 0.29) is 18.3 Å². The Kier molecular flexibility index (Phi) is 6.33. The molecule has 2 rings (SSSR count). The SMILES string of the molecule is CCN(Cc1ccc(N(C)C)cc1)C(=O)COc1ccc(F)cc1F. The molecule has 6 heteroatoms. The number of nitrogens with zero attached hydrogens (tertiary/aromatic N) is 2. The zero-order valence-electron chi connectivity index (χ0n) is 14.6. The minimum Gasteiger partial charge on any atom is -0.481 e. The van der Waals surface area contributed by atoms with Gasteiger partial charge in [0.15, 0.2) is 18.2 Å². The van der Waals surface area contributed by atoms with E-state index in [2.05, 4.69) is 0 Å². The van der Waals surface area contributed by atoms with Gasteiger partial charge < -0.3 is 14.5 Å². The Labute approximate surface area is 146 Å². The number of hydrogen-bond donors (Lipinski definition) is 0. The molecule has 134 valence electrons. The van der Waals surface area contributed by atoms with E-state index in [4.69, 9.17) is 4.74 Å². The summed E-state index contributed by atoms with van der Waals surface area (Å²) >= 11 is 0. The molecule has 2 aromatic carbocycles. The second-order valence-electron chi connectivity index (χ2n) is 5.83. The summed E-state index contributed by atoms with van der Waals surface area (Å²) in [5, 5.41) is 0. The van der Waals surface area contributed by atoms with E-state index in [0.29, 0.717) is 13.1 Å². The second-order valence-corrected chi connectivity index (χ2v) is 5.83. The lowest BCUT2D eigenvalue weighted by Crippen LogP contribution is -2.34. The lowest BCUT2D eigenvalue weighted by atomic mass is 10.2. The summed E-state index contributed by atoms with van der Waals surface area (Å²) in [5.74, 6) is -1.91. The second kappa shape index (κ2) is 8.46. The lowest BCUT2D eigenvalue weighted by molar-refractivity contribution is -0.133. The molecule has 0 aliphatic carbocycles. The highest BCUT2D eigenvalue weighted by Crippen LogP contribution is 2.18. The van der Waals surface area contributed by atoms with Gasteiger partial charge in [0.1, 0.15) is 5.82 Å². The molecule has 0 saturated carbocycles. The van der Waals surface area contributed by atoms with Gasteiger partial charge >= 0.3 is 0 Å². The molecule has 0 aliphatic rings. The van der Waals surface area contributed by atoms with E-state index in [0.717, 1.165) is 23.4 Å². The van der Waals surface area contributed by atoms with Crippen molar-refractivity contribution in [3.63, 3.8) is 0 Å². The molecule has 1 amide bonds. The first-order valence-corrected chi connectivity index (χ1v) is 8.02.